The molecule has 1 N–H and O–H groups in total. The van der Waals surface area contributed by atoms with E-state index in [1.165, 1.54) is 12.4 Å². The van der Waals surface area contributed by atoms with Gasteiger partial charge in [0.05, 0.1) is 7.11 Å². The fourth-order valence-corrected chi connectivity index (χ4v) is 0.881. The van der Waals surface area contributed by atoms with Crippen LogP contribution in [0.3, 0.4) is 0 Å². The van der Waals surface area contributed by atoms with Gasteiger partial charge in [-0.1, -0.05) is 0 Å². The van der Waals surface area contributed by atoms with Crippen LogP contribution in [0.5, 0.6) is 0 Å². The quantitative estimate of drug-likeness (QED) is 0.342. The third kappa shape index (κ3) is 2.91. The minimum absolute atomic E-state index is 0.321. The molecule has 0 aliphatic carbocycles. The van der Waals surface area contributed by atoms with E-state index in [9.17, 15) is 14.7 Å². The van der Waals surface area contributed by atoms with Crippen LogP contribution in [-0.4, -0.2) is 29.0 Å². The Hall–Kier alpha value is -2.17. The summed E-state index contributed by atoms with van der Waals surface area (Å²) in [4.78, 5) is 25.5. The number of rotatable bonds is 3. The van der Waals surface area contributed by atoms with E-state index in [2.05, 4.69) is 9.72 Å². The van der Waals surface area contributed by atoms with E-state index in [1.54, 1.807) is 12.1 Å². The largest absolute Gasteiger partial charge is 0.507 e. The van der Waals surface area contributed by atoms with Crippen molar-refractivity contribution < 1.29 is 19.4 Å². The van der Waals surface area contributed by atoms with Gasteiger partial charge in [0.2, 0.25) is 0 Å². The van der Waals surface area contributed by atoms with Crippen LogP contribution < -0.4 is 0 Å². The summed E-state index contributed by atoms with van der Waals surface area (Å²) in [6.45, 7) is 0. The molecule has 5 nitrogen and oxygen atoms in total. The molecular weight excluding hydrogens is 198 g/mol. The highest BCUT2D eigenvalue weighted by Crippen LogP contribution is 2.08. The fraction of sp³-hybridized carbons (Fsp3) is 0.100. The summed E-state index contributed by atoms with van der Waals surface area (Å²) in [6, 6.07) is 3.16. The average molecular weight is 207 g/mol. The third-order valence-corrected chi connectivity index (χ3v) is 1.61. The van der Waals surface area contributed by atoms with Crippen molar-refractivity contribution in [3.63, 3.8) is 0 Å². The summed E-state index contributed by atoms with van der Waals surface area (Å²) in [5, 5.41) is 9.43. The Balaban J connectivity index is 2.86. The van der Waals surface area contributed by atoms with Crippen molar-refractivity contribution in [1.82, 2.24) is 4.98 Å². The zero-order valence-corrected chi connectivity index (χ0v) is 8.01. The monoisotopic (exact) mass is 207 g/mol. The molecule has 78 valence electrons. The van der Waals surface area contributed by atoms with Crippen LogP contribution in [0, 0.1) is 0 Å². The summed E-state index contributed by atoms with van der Waals surface area (Å²) in [7, 11) is 1.09. The lowest BCUT2D eigenvalue weighted by Crippen LogP contribution is -2.13. The number of pyridine rings is 1. The van der Waals surface area contributed by atoms with Gasteiger partial charge in [-0.15, -0.1) is 0 Å². The summed E-state index contributed by atoms with van der Waals surface area (Å²) in [6.07, 6.45) is 3.69. The molecule has 0 spiro atoms. The van der Waals surface area contributed by atoms with E-state index in [4.69, 9.17) is 0 Å². The highest BCUT2D eigenvalue weighted by atomic mass is 16.5. The topological polar surface area (TPSA) is 76.5 Å². The van der Waals surface area contributed by atoms with Crippen LogP contribution in [-0.2, 0) is 14.3 Å². The molecule has 0 saturated carbocycles. The van der Waals surface area contributed by atoms with Crippen molar-refractivity contribution in [2.75, 3.05) is 7.11 Å². The second-order valence-corrected chi connectivity index (χ2v) is 2.63. The smallest absolute Gasteiger partial charge is 0.378 e. The number of carbonyl (C=O) groups excluding carboxylic acids is 2. The molecule has 1 heterocycles. The number of aliphatic hydroxyl groups is 1. The maximum Gasteiger partial charge on any atom is 0.378 e. The molecule has 5 heteroatoms. The second-order valence-electron chi connectivity index (χ2n) is 2.63. The summed E-state index contributed by atoms with van der Waals surface area (Å²) in [5.74, 6) is -2.26. The van der Waals surface area contributed by atoms with Gasteiger partial charge in [-0.05, 0) is 12.1 Å². The molecule has 0 atom stereocenters. The van der Waals surface area contributed by atoms with Crippen molar-refractivity contribution in [2.45, 2.75) is 0 Å². The van der Waals surface area contributed by atoms with Crippen molar-refractivity contribution in [3.8, 4) is 0 Å². The van der Waals surface area contributed by atoms with E-state index < -0.39 is 11.8 Å². The maximum absolute atomic E-state index is 11.0. The van der Waals surface area contributed by atoms with Gasteiger partial charge in [-0.25, -0.2) is 4.79 Å². The van der Waals surface area contributed by atoms with Gasteiger partial charge in [0.15, 0.2) is 0 Å². The van der Waals surface area contributed by atoms with E-state index >= 15 is 0 Å². The van der Waals surface area contributed by atoms with Crippen molar-refractivity contribution >= 4 is 17.5 Å². The van der Waals surface area contributed by atoms with Gasteiger partial charge < -0.3 is 9.84 Å². The molecule has 0 saturated heterocycles. The molecule has 0 aromatic carbocycles. The Morgan fingerprint density at radius 1 is 1.53 bits per heavy atom. The zero-order valence-electron chi connectivity index (χ0n) is 8.01. The van der Waals surface area contributed by atoms with Gasteiger partial charge in [-0.3, -0.25) is 9.78 Å². The van der Waals surface area contributed by atoms with Crippen LogP contribution in [0.15, 0.2) is 30.6 Å². The lowest BCUT2D eigenvalue weighted by molar-refractivity contribution is -0.149. The van der Waals surface area contributed by atoms with Crippen molar-refractivity contribution in [2.24, 2.45) is 0 Å². The van der Waals surface area contributed by atoms with E-state index in [0.29, 0.717) is 5.56 Å². The van der Waals surface area contributed by atoms with Crippen LogP contribution in [0.2, 0.25) is 0 Å². The molecule has 0 radical (unpaired) electrons. The summed E-state index contributed by atoms with van der Waals surface area (Å²) >= 11 is 0. The Morgan fingerprint density at radius 2 is 2.27 bits per heavy atom. The first-order chi connectivity index (χ1) is 7.15. The lowest BCUT2D eigenvalue weighted by Gasteiger charge is -1.98. The SMILES string of the molecule is COC(=O)C(=O)C=C(O)c1cccnc1. The summed E-state index contributed by atoms with van der Waals surface area (Å²) in [5.41, 5.74) is 0.356. The van der Waals surface area contributed by atoms with Crippen molar-refractivity contribution in [3.05, 3.63) is 36.2 Å². The van der Waals surface area contributed by atoms with E-state index in [0.717, 1.165) is 13.2 Å². The van der Waals surface area contributed by atoms with E-state index in [1.807, 2.05) is 0 Å². The molecule has 1 aromatic rings. The van der Waals surface area contributed by atoms with Crippen LogP contribution in [0.1, 0.15) is 5.56 Å². The molecule has 1 aromatic heterocycles. The van der Waals surface area contributed by atoms with Gasteiger partial charge in [0.1, 0.15) is 5.76 Å². The summed E-state index contributed by atoms with van der Waals surface area (Å²) < 4.78 is 4.19. The predicted octanol–water partition coefficient (Wildman–Crippen LogP) is 0.723. The number of hydrogen-bond acceptors (Lipinski definition) is 5. The highest BCUT2D eigenvalue weighted by Gasteiger charge is 2.12. The molecule has 1 rings (SSSR count). The molecule has 15 heavy (non-hydrogen) atoms. The third-order valence-electron chi connectivity index (χ3n) is 1.61. The number of aliphatic hydroxyl groups excluding tert-OH is 1. The van der Waals surface area contributed by atoms with Gasteiger partial charge in [0.25, 0.3) is 5.78 Å². The second kappa shape index (κ2) is 4.90. The Bertz CT molecular complexity index is 397. The standard InChI is InChI=1S/C10H9NO4/c1-15-10(14)9(13)5-8(12)7-3-2-4-11-6-7/h2-6,12H,1H3. The molecule has 0 amide bonds. The minimum atomic E-state index is -1.02. The molecule has 0 aliphatic rings. The molecule has 0 bridgehead atoms. The van der Waals surface area contributed by atoms with Crippen LogP contribution >= 0.6 is 0 Å². The number of methoxy groups -OCH3 is 1. The first-order valence-electron chi connectivity index (χ1n) is 4.08. The average Bonchev–Trinajstić information content (AvgIpc) is 2.29. The Morgan fingerprint density at radius 3 is 2.80 bits per heavy atom. The fourth-order valence-electron chi connectivity index (χ4n) is 0.881. The molecule has 0 aliphatic heterocycles. The first-order valence-corrected chi connectivity index (χ1v) is 4.08. The Labute approximate surface area is 86.0 Å². The molecular formula is C10H9NO4. The number of ketones is 1. The highest BCUT2D eigenvalue weighted by molar-refractivity contribution is 6.39. The number of aromatic nitrogens is 1. The number of nitrogens with zero attached hydrogens (tertiary/aromatic N) is 1. The van der Waals surface area contributed by atoms with E-state index in [-0.39, 0.29) is 5.76 Å². The van der Waals surface area contributed by atoms with Crippen LogP contribution in [0.25, 0.3) is 5.76 Å². The molecule has 0 unspecified atom stereocenters. The first kappa shape index (κ1) is 10.9. The number of hydrogen-bond donors (Lipinski definition) is 1. The minimum Gasteiger partial charge on any atom is -0.507 e. The maximum atomic E-state index is 11.0. The van der Waals surface area contributed by atoms with Gasteiger partial charge in [0, 0.05) is 24.0 Å². The normalized spacial score (nSPS) is 10.9. The van der Waals surface area contributed by atoms with Crippen molar-refractivity contribution in [1.29, 1.82) is 0 Å². The number of ether oxygens (including phenoxy) is 1. The lowest BCUT2D eigenvalue weighted by atomic mass is 10.2. The number of esters is 1. The van der Waals surface area contributed by atoms with Crippen LogP contribution in [0.4, 0.5) is 0 Å². The zero-order chi connectivity index (χ0) is 11.3. The predicted molar refractivity (Wildman–Crippen MR) is 51.9 cm³/mol. The molecule has 0 fully saturated rings. The Kier molecular flexibility index (Phi) is 3.56. The number of carbonyl (C=O) groups is 2. The van der Waals surface area contributed by atoms with Gasteiger partial charge >= 0.3 is 5.97 Å². The van der Waals surface area contributed by atoms with Gasteiger partial charge in [-0.2, -0.15) is 0 Å².